The Bertz CT molecular complexity index is 262. The van der Waals surface area contributed by atoms with Crippen molar-refractivity contribution in [2.45, 2.75) is 13.2 Å². The van der Waals surface area contributed by atoms with Crippen LogP contribution in [0, 0.1) is 0 Å². The maximum absolute atomic E-state index is 11.6. The molecule has 0 spiro atoms. The quantitative estimate of drug-likeness (QED) is 0.733. The van der Waals surface area contributed by atoms with Crippen molar-refractivity contribution in [3.05, 3.63) is 11.8 Å². The van der Waals surface area contributed by atoms with Crippen molar-refractivity contribution in [3.8, 4) is 5.88 Å². The zero-order valence-electron chi connectivity index (χ0n) is 6.37. The summed E-state index contributed by atoms with van der Waals surface area (Å²) in [5, 5.41) is 12.2. The molecule has 0 unspecified atom stereocenters. The Morgan fingerprint density at radius 1 is 1.75 bits per heavy atom. The Morgan fingerprint density at radius 3 is 2.83 bits per heavy atom. The molecule has 0 aliphatic carbocycles. The second-order valence-electron chi connectivity index (χ2n) is 2.13. The van der Waals surface area contributed by atoms with Gasteiger partial charge in [-0.05, 0) is 0 Å². The van der Waals surface area contributed by atoms with Gasteiger partial charge in [-0.25, -0.2) is 0 Å². The summed E-state index contributed by atoms with van der Waals surface area (Å²) in [6.07, 6.45) is 0. The summed E-state index contributed by atoms with van der Waals surface area (Å²) in [6, 6.07) is 1.26. The van der Waals surface area contributed by atoms with Crippen molar-refractivity contribution in [2.75, 3.05) is 0 Å². The first-order valence-corrected chi connectivity index (χ1v) is 3.22. The normalized spacial score (nSPS) is 10.8. The Morgan fingerprint density at radius 2 is 2.42 bits per heavy atom. The van der Waals surface area contributed by atoms with Crippen molar-refractivity contribution in [3.63, 3.8) is 0 Å². The molecule has 0 aliphatic heterocycles. The molecule has 1 aromatic heterocycles. The third-order valence-electron chi connectivity index (χ3n) is 1.33. The highest BCUT2D eigenvalue weighted by atomic mass is 19.3. The maximum Gasteiger partial charge on any atom is 0.388 e. The fourth-order valence-corrected chi connectivity index (χ4v) is 0.774. The number of hydrogen-bond donors (Lipinski definition) is 1. The van der Waals surface area contributed by atoms with Crippen LogP contribution in [0.15, 0.2) is 6.07 Å². The van der Waals surface area contributed by atoms with E-state index in [4.69, 9.17) is 5.11 Å². The van der Waals surface area contributed by atoms with Crippen LogP contribution in [0.5, 0.6) is 5.88 Å². The molecule has 1 aromatic rings. The van der Waals surface area contributed by atoms with Gasteiger partial charge in [-0.15, -0.1) is 5.10 Å². The topological polar surface area (TPSA) is 47.3 Å². The lowest BCUT2D eigenvalue weighted by molar-refractivity contribution is -0.0531. The minimum atomic E-state index is -2.88. The van der Waals surface area contributed by atoms with Gasteiger partial charge < -0.3 is 9.84 Å². The number of ether oxygens (including phenoxy) is 1. The number of aryl methyl sites for hydroxylation is 1. The lowest BCUT2D eigenvalue weighted by Gasteiger charge is -1.96. The highest BCUT2D eigenvalue weighted by molar-refractivity contribution is 5.14. The molecule has 1 heterocycles. The Kier molecular flexibility index (Phi) is 2.59. The first-order valence-electron chi connectivity index (χ1n) is 3.22. The second-order valence-corrected chi connectivity index (χ2v) is 2.13. The van der Waals surface area contributed by atoms with Gasteiger partial charge in [-0.2, -0.15) is 8.78 Å². The fourth-order valence-electron chi connectivity index (χ4n) is 0.774. The molecule has 0 saturated heterocycles. The zero-order chi connectivity index (χ0) is 9.14. The van der Waals surface area contributed by atoms with Crippen molar-refractivity contribution < 1.29 is 18.6 Å². The molecule has 0 aliphatic rings. The molecule has 0 radical (unpaired) electrons. The predicted molar refractivity (Wildman–Crippen MR) is 35.8 cm³/mol. The number of nitrogens with zero attached hydrogens (tertiary/aromatic N) is 2. The van der Waals surface area contributed by atoms with E-state index < -0.39 is 6.61 Å². The van der Waals surface area contributed by atoms with Gasteiger partial charge in [0.15, 0.2) is 0 Å². The SMILES string of the molecule is Cn1nc(OC(F)F)cc1CO. The number of aliphatic hydroxyl groups excluding tert-OH is 1. The summed E-state index contributed by atoms with van der Waals surface area (Å²) in [6.45, 7) is -3.14. The second kappa shape index (κ2) is 3.48. The molecule has 0 atom stereocenters. The maximum atomic E-state index is 11.6. The first kappa shape index (κ1) is 8.92. The molecule has 12 heavy (non-hydrogen) atoms. The van der Waals surface area contributed by atoms with Crippen LogP contribution >= 0.6 is 0 Å². The largest absolute Gasteiger partial charge is 0.415 e. The molecule has 1 N–H and O–H groups in total. The molecule has 0 aromatic carbocycles. The fraction of sp³-hybridized carbons (Fsp3) is 0.500. The summed E-state index contributed by atoms with van der Waals surface area (Å²) in [4.78, 5) is 0. The van der Waals surface area contributed by atoms with Crippen molar-refractivity contribution >= 4 is 0 Å². The molecular weight excluding hydrogens is 170 g/mol. The molecule has 0 saturated carbocycles. The van der Waals surface area contributed by atoms with E-state index in [0.29, 0.717) is 5.69 Å². The number of hydrogen-bond acceptors (Lipinski definition) is 3. The van der Waals surface area contributed by atoms with E-state index in [-0.39, 0.29) is 12.5 Å². The molecule has 0 bridgehead atoms. The van der Waals surface area contributed by atoms with E-state index in [1.807, 2.05) is 0 Å². The third-order valence-corrected chi connectivity index (χ3v) is 1.33. The van der Waals surface area contributed by atoms with Gasteiger partial charge in [0, 0.05) is 13.1 Å². The van der Waals surface area contributed by atoms with Crippen LogP contribution in [0.2, 0.25) is 0 Å². The van der Waals surface area contributed by atoms with Crippen LogP contribution in [0.1, 0.15) is 5.69 Å². The predicted octanol–water partition coefficient (Wildman–Crippen LogP) is 0.514. The zero-order valence-corrected chi connectivity index (χ0v) is 6.37. The average molecular weight is 178 g/mol. The molecule has 1 rings (SSSR count). The molecule has 0 fully saturated rings. The molecule has 68 valence electrons. The van der Waals surface area contributed by atoms with Gasteiger partial charge in [0.1, 0.15) is 0 Å². The van der Waals surface area contributed by atoms with Crippen molar-refractivity contribution in [2.24, 2.45) is 7.05 Å². The van der Waals surface area contributed by atoms with E-state index in [2.05, 4.69) is 9.84 Å². The first-order chi connectivity index (χ1) is 5.63. The van der Waals surface area contributed by atoms with Crippen LogP contribution in [-0.2, 0) is 13.7 Å². The molecule has 6 heteroatoms. The van der Waals surface area contributed by atoms with E-state index >= 15 is 0 Å². The van der Waals surface area contributed by atoms with E-state index in [1.54, 1.807) is 0 Å². The van der Waals surface area contributed by atoms with Crippen LogP contribution in [0.4, 0.5) is 8.78 Å². The molecular formula is C6H8F2N2O2. The Balaban J connectivity index is 2.75. The monoisotopic (exact) mass is 178 g/mol. The highest BCUT2D eigenvalue weighted by Crippen LogP contribution is 2.13. The minimum Gasteiger partial charge on any atom is -0.415 e. The van der Waals surface area contributed by atoms with E-state index in [1.165, 1.54) is 17.8 Å². The number of halogens is 2. The van der Waals surface area contributed by atoms with E-state index in [0.717, 1.165) is 0 Å². The van der Waals surface area contributed by atoms with Gasteiger partial charge in [0.25, 0.3) is 0 Å². The molecule has 0 amide bonds. The minimum absolute atomic E-state index is 0.184. The number of alkyl halides is 2. The summed E-state index contributed by atoms with van der Waals surface area (Å²) in [7, 11) is 1.53. The third kappa shape index (κ3) is 1.91. The molecule has 4 nitrogen and oxygen atoms in total. The van der Waals surface area contributed by atoms with Crippen LogP contribution in [-0.4, -0.2) is 21.5 Å². The number of aliphatic hydroxyl groups is 1. The lowest BCUT2D eigenvalue weighted by atomic mass is 10.4. The standard InChI is InChI=1S/C6H8F2N2O2/c1-10-4(3-11)2-5(9-10)12-6(7)8/h2,6,11H,3H2,1H3. The van der Waals surface area contributed by atoms with Crippen LogP contribution in [0.3, 0.4) is 0 Å². The Hall–Kier alpha value is -1.17. The van der Waals surface area contributed by atoms with E-state index in [9.17, 15) is 8.78 Å². The summed E-state index contributed by atoms with van der Waals surface area (Å²) < 4.78 is 28.5. The van der Waals surface area contributed by atoms with Crippen molar-refractivity contribution in [1.29, 1.82) is 0 Å². The van der Waals surface area contributed by atoms with Gasteiger partial charge in [-0.1, -0.05) is 0 Å². The summed E-state index contributed by atoms with van der Waals surface area (Å²) in [5.41, 5.74) is 0.422. The van der Waals surface area contributed by atoms with Gasteiger partial charge in [0.05, 0.1) is 12.3 Å². The summed E-state index contributed by atoms with van der Waals surface area (Å²) in [5.74, 6) is -0.184. The van der Waals surface area contributed by atoms with Crippen LogP contribution in [0.25, 0.3) is 0 Å². The highest BCUT2D eigenvalue weighted by Gasteiger charge is 2.09. The lowest BCUT2D eigenvalue weighted by Crippen LogP contribution is -2.03. The number of aromatic nitrogens is 2. The smallest absolute Gasteiger partial charge is 0.388 e. The van der Waals surface area contributed by atoms with Gasteiger partial charge in [0.2, 0.25) is 5.88 Å². The average Bonchev–Trinajstić information content (AvgIpc) is 2.29. The Labute approximate surface area is 67.4 Å². The van der Waals surface area contributed by atoms with Gasteiger partial charge >= 0.3 is 6.61 Å². The summed E-state index contributed by atoms with van der Waals surface area (Å²) >= 11 is 0. The van der Waals surface area contributed by atoms with Crippen LogP contribution < -0.4 is 4.74 Å². The number of rotatable bonds is 3. The van der Waals surface area contributed by atoms with Gasteiger partial charge in [-0.3, -0.25) is 4.68 Å². The van der Waals surface area contributed by atoms with Crippen molar-refractivity contribution in [1.82, 2.24) is 9.78 Å².